The zero-order chi connectivity index (χ0) is 12.7. The third-order valence-electron chi connectivity index (χ3n) is 3.83. The second kappa shape index (κ2) is 8.12. The van der Waals surface area contributed by atoms with Crippen molar-refractivity contribution in [3.63, 3.8) is 0 Å². The van der Waals surface area contributed by atoms with Gasteiger partial charge in [-0.1, -0.05) is 55.5 Å². The molecule has 0 aliphatic heterocycles. The van der Waals surface area contributed by atoms with E-state index in [0.717, 1.165) is 30.5 Å². The Morgan fingerprint density at radius 2 is 2.00 bits per heavy atom. The molecule has 17 heavy (non-hydrogen) atoms. The van der Waals surface area contributed by atoms with Gasteiger partial charge < -0.3 is 5.32 Å². The van der Waals surface area contributed by atoms with Crippen LogP contribution in [0.3, 0.4) is 0 Å². The lowest BCUT2D eigenvalue weighted by Gasteiger charge is -2.22. The monoisotopic (exact) mass is 303 g/mol. The van der Waals surface area contributed by atoms with Crippen LogP contribution in [0.5, 0.6) is 0 Å². The summed E-state index contributed by atoms with van der Waals surface area (Å²) in [4.78, 5) is 11.9. The maximum Gasteiger partial charge on any atom is 0.220 e. The van der Waals surface area contributed by atoms with Crippen molar-refractivity contribution in [3.8, 4) is 0 Å². The van der Waals surface area contributed by atoms with Gasteiger partial charge in [0.05, 0.1) is 0 Å². The van der Waals surface area contributed by atoms with E-state index in [2.05, 4.69) is 35.1 Å². The van der Waals surface area contributed by atoms with Crippen molar-refractivity contribution in [2.75, 3.05) is 5.33 Å². The summed E-state index contributed by atoms with van der Waals surface area (Å²) in [5, 5.41) is 4.13. The lowest BCUT2D eigenvalue weighted by molar-refractivity contribution is -0.122. The van der Waals surface area contributed by atoms with Gasteiger partial charge in [-0.15, -0.1) is 0 Å². The molecule has 2 nitrogen and oxygen atoms in total. The molecule has 0 heterocycles. The van der Waals surface area contributed by atoms with E-state index in [1.807, 2.05) is 0 Å². The van der Waals surface area contributed by atoms with E-state index in [4.69, 9.17) is 0 Å². The Hall–Kier alpha value is -0.0500. The van der Waals surface area contributed by atoms with Gasteiger partial charge in [0.1, 0.15) is 0 Å². The Morgan fingerprint density at radius 1 is 1.35 bits per heavy atom. The van der Waals surface area contributed by atoms with E-state index in [1.54, 1.807) is 0 Å². The standard InChI is InChI=1S/C14H26BrNO/c1-11(2)13(9-10-15)16-14(17)8-7-12-5-3-4-6-12/h11-13H,3-10H2,1-2H3,(H,16,17). The van der Waals surface area contributed by atoms with Crippen molar-refractivity contribution in [2.24, 2.45) is 11.8 Å². The van der Waals surface area contributed by atoms with Gasteiger partial charge in [-0.25, -0.2) is 0 Å². The number of carbonyl (C=O) groups excluding carboxylic acids is 1. The molecule has 3 heteroatoms. The third kappa shape index (κ3) is 5.89. The van der Waals surface area contributed by atoms with Crippen LogP contribution in [-0.4, -0.2) is 17.3 Å². The van der Waals surface area contributed by atoms with Crippen LogP contribution in [0.1, 0.15) is 58.8 Å². The van der Waals surface area contributed by atoms with Crippen LogP contribution in [0.4, 0.5) is 0 Å². The highest BCUT2D eigenvalue weighted by atomic mass is 79.9. The van der Waals surface area contributed by atoms with Gasteiger partial charge in [0, 0.05) is 17.8 Å². The first-order valence-electron chi connectivity index (χ1n) is 6.98. The quantitative estimate of drug-likeness (QED) is 0.711. The van der Waals surface area contributed by atoms with Gasteiger partial charge in [0.15, 0.2) is 0 Å². The fourth-order valence-electron chi connectivity index (χ4n) is 2.60. The van der Waals surface area contributed by atoms with Crippen LogP contribution < -0.4 is 5.32 Å². The summed E-state index contributed by atoms with van der Waals surface area (Å²) in [6, 6.07) is 0.324. The smallest absolute Gasteiger partial charge is 0.220 e. The summed E-state index contributed by atoms with van der Waals surface area (Å²) < 4.78 is 0. The Kier molecular flexibility index (Phi) is 7.17. The highest BCUT2D eigenvalue weighted by Crippen LogP contribution is 2.28. The van der Waals surface area contributed by atoms with E-state index < -0.39 is 0 Å². The normalized spacial score (nSPS) is 18.6. The average Bonchev–Trinajstić information content (AvgIpc) is 2.78. The molecule has 0 bridgehead atoms. The minimum Gasteiger partial charge on any atom is -0.353 e. The van der Waals surface area contributed by atoms with Crippen molar-refractivity contribution in [2.45, 2.75) is 64.8 Å². The molecule has 0 saturated heterocycles. The van der Waals surface area contributed by atoms with Crippen molar-refractivity contribution in [3.05, 3.63) is 0 Å². The maximum absolute atomic E-state index is 11.9. The first-order chi connectivity index (χ1) is 8.13. The molecule has 0 aromatic heterocycles. The second-order valence-corrected chi connectivity index (χ2v) is 6.38. The fourth-order valence-corrected chi connectivity index (χ4v) is 3.10. The summed E-state index contributed by atoms with van der Waals surface area (Å²) in [5.41, 5.74) is 0. The molecule has 1 aliphatic rings. The summed E-state index contributed by atoms with van der Waals surface area (Å²) in [6.07, 6.45) is 8.23. The zero-order valence-corrected chi connectivity index (χ0v) is 12.8. The number of hydrogen-bond donors (Lipinski definition) is 1. The molecule has 1 rings (SSSR count). The minimum atomic E-state index is 0.247. The van der Waals surface area contributed by atoms with Crippen LogP contribution in [0.2, 0.25) is 0 Å². The van der Waals surface area contributed by atoms with E-state index in [0.29, 0.717) is 12.0 Å². The lowest BCUT2D eigenvalue weighted by atomic mass is 9.99. The molecule has 1 amide bonds. The van der Waals surface area contributed by atoms with Gasteiger partial charge >= 0.3 is 0 Å². The maximum atomic E-state index is 11.9. The molecular weight excluding hydrogens is 278 g/mol. The molecule has 0 spiro atoms. The highest BCUT2D eigenvalue weighted by molar-refractivity contribution is 9.09. The van der Waals surface area contributed by atoms with Crippen LogP contribution in [0.15, 0.2) is 0 Å². The summed E-state index contributed by atoms with van der Waals surface area (Å²) >= 11 is 3.45. The Bertz CT molecular complexity index is 224. The summed E-state index contributed by atoms with van der Waals surface area (Å²) in [7, 11) is 0. The van der Waals surface area contributed by atoms with Crippen LogP contribution in [-0.2, 0) is 4.79 Å². The highest BCUT2D eigenvalue weighted by Gasteiger charge is 2.18. The van der Waals surface area contributed by atoms with E-state index in [9.17, 15) is 4.79 Å². The predicted octanol–water partition coefficient (Wildman–Crippen LogP) is 3.88. The SMILES string of the molecule is CC(C)C(CCBr)NC(=O)CCC1CCCC1. The molecule has 0 aromatic rings. The number of nitrogens with one attached hydrogen (secondary N) is 1. The largest absolute Gasteiger partial charge is 0.353 e. The molecule has 1 fully saturated rings. The van der Waals surface area contributed by atoms with Crippen molar-refractivity contribution >= 4 is 21.8 Å². The van der Waals surface area contributed by atoms with Gasteiger partial charge in [-0.3, -0.25) is 4.79 Å². The molecule has 0 radical (unpaired) electrons. The summed E-state index contributed by atoms with van der Waals surface area (Å²) in [6.45, 7) is 4.34. The molecule has 0 aromatic carbocycles. The average molecular weight is 304 g/mol. The van der Waals surface area contributed by atoms with Gasteiger partial charge in [-0.2, -0.15) is 0 Å². The molecule has 1 atom stereocenters. The number of rotatable bonds is 7. The Morgan fingerprint density at radius 3 is 2.53 bits per heavy atom. The van der Waals surface area contributed by atoms with Crippen molar-refractivity contribution in [1.29, 1.82) is 0 Å². The molecule has 1 N–H and O–H groups in total. The number of hydrogen-bond acceptors (Lipinski definition) is 1. The first-order valence-corrected chi connectivity index (χ1v) is 8.11. The van der Waals surface area contributed by atoms with Gasteiger partial charge in [0.2, 0.25) is 5.91 Å². The first kappa shape index (κ1) is 15.0. The molecule has 1 unspecified atom stereocenters. The lowest BCUT2D eigenvalue weighted by Crippen LogP contribution is -2.38. The number of carbonyl (C=O) groups is 1. The van der Waals surface area contributed by atoms with Gasteiger partial charge in [-0.05, 0) is 24.7 Å². The van der Waals surface area contributed by atoms with Crippen molar-refractivity contribution < 1.29 is 4.79 Å². The van der Waals surface area contributed by atoms with E-state index >= 15 is 0 Å². The molecular formula is C14H26BrNO. The van der Waals surface area contributed by atoms with Crippen molar-refractivity contribution in [1.82, 2.24) is 5.32 Å². The third-order valence-corrected chi connectivity index (χ3v) is 4.28. The molecule has 1 aliphatic carbocycles. The van der Waals surface area contributed by atoms with Crippen LogP contribution >= 0.6 is 15.9 Å². The minimum absolute atomic E-state index is 0.247. The number of alkyl halides is 1. The van der Waals surface area contributed by atoms with E-state index in [1.165, 1.54) is 25.7 Å². The zero-order valence-electron chi connectivity index (χ0n) is 11.2. The van der Waals surface area contributed by atoms with Gasteiger partial charge in [0.25, 0.3) is 0 Å². The van der Waals surface area contributed by atoms with Crippen LogP contribution in [0.25, 0.3) is 0 Å². The molecule has 1 saturated carbocycles. The predicted molar refractivity (Wildman–Crippen MR) is 76.4 cm³/mol. The topological polar surface area (TPSA) is 29.1 Å². The number of halogens is 1. The van der Waals surface area contributed by atoms with E-state index in [-0.39, 0.29) is 5.91 Å². The number of amides is 1. The second-order valence-electron chi connectivity index (χ2n) is 5.58. The van der Waals surface area contributed by atoms with Crippen LogP contribution in [0, 0.1) is 11.8 Å². The molecule has 100 valence electrons. The fraction of sp³-hybridized carbons (Fsp3) is 0.929. The summed E-state index contributed by atoms with van der Waals surface area (Å²) in [5.74, 6) is 1.58. The Balaban J connectivity index is 2.21. The Labute approximate surface area is 114 Å².